The molecule has 0 bridgehead atoms. The van der Waals surface area contributed by atoms with Gasteiger partial charge in [0.15, 0.2) is 0 Å². The van der Waals surface area contributed by atoms with Gasteiger partial charge in [0.1, 0.15) is 0 Å². The van der Waals surface area contributed by atoms with Crippen LogP contribution < -0.4 is 5.32 Å². The van der Waals surface area contributed by atoms with Crippen molar-refractivity contribution in [2.75, 3.05) is 12.8 Å². The van der Waals surface area contributed by atoms with Crippen LogP contribution in [0.2, 0.25) is 0 Å². The third-order valence-electron chi connectivity index (χ3n) is 3.31. The van der Waals surface area contributed by atoms with E-state index in [1.165, 1.54) is 18.5 Å². The maximum absolute atomic E-state index is 12.2. The van der Waals surface area contributed by atoms with Crippen molar-refractivity contribution in [3.8, 4) is 0 Å². The summed E-state index contributed by atoms with van der Waals surface area (Å²) in [5.41, 5.74) is 0.941. The van der Waals surface area contributed by atoms with Crippen molar-refractivity contribution in [3.63, 3.8) is 0 Å². The van der Waals surface area contributed by atoms with E-state index >= 15 is 0 Å². The fourth-order valence-corrected chi connectivity index (χ4v) is 2.56. The number of carboxylic acid groups (broad SMARTS) is 1. The van der Waals surface area contributed by atoms with E-state index in [1.54, 1.807) is 17.8 Å². The molecule has 1 aromatic rings. The van der Waals surface area contributed by atoms with Crippen LogP contribution in [-0.2, 0) is 4.79 Å². The number of pyridine rings is 1. The monoisotopic (exact) mass is 292 g/mol. The number of carbonyl (C=O) groups is 2. The van der Waals surface area contributed by atoms with E-state index in [-0.39, 0.29) is 10.7 Å². The Labute approximate surface area is 121 Å². The maximum atomic E-state index is 12.2. The summed E-state index contributed by atoms with van der Waals surface area (Å²) in [6, 6.07) is 1.59. The number of thioether (sulfide) groups is 1. The van der Waals surface area contributed by atoms with Crippen LogP contribution in [0, 0.1) is 0 Å². The number of nitrogens with zero attached hydrogens (tertiary/aromatic N) is 1. The van der Waals surface area contributed by atoms with E-state index in [9.17, 15) is 9.59 Å². The first-order valence-electron chi connectivity index (χ1n) is 6.25. The van der Waals surface area contributed by atoms with E-state index in [2.05, 4.69) is 10.3 Å². The summed E-state index contributed by atoms with van der Waals surface area (Å²) in [4.78, 5) is 26.6. The highest BCUT2D eigenvalue weighted by Gasteiger charge is 2.41. The number of aliphatic carboxylic acids is 1. The average Bonchev–Trinajstić information content (AvgIpc) is 3.23. The van der Waals surface area contributed by atoms with Gasteiger partial charge >= 0.3 is 5.97 Å². The Morgan fingerprint density at radius 1 is 1.55 bits per heavy atom. The molecule has 2 rings (SSSR count). The minimum Gasteiger partial charge on any atom is -0.478 e. The average molecular weight is 292 g/mol. The first kappa shape index (κ1) is 14.6. The Hall–Kier alpha value is -1.82. The number of rotatable bonds is 6. The molecule has 1 aromatic heterocycles. The van der Waals surface area contributed by atoms with Gasteiger partial charge in [-0.25, -0.2) is 4.79 Å². The lowest BCUT2D eigenvalue weighted by Crippen LogP contribution is -2.32. The lowest BCUT2D eigenvalue weighted by Gasteiger charge is -2.13. The molecule has 20 heavy (non-hydrogen) atoms. The Bertz CT molecular complexity index is 553. The minimum atomic E-state index is -1.06. The molecule has 0 saturated heterocycles. The molecule has 1 saturated carbocycles. The molecule has 1 fully saturated rings. The van der Waals surface area contributed by atoms with E-state index in [1.807, 2.05) is 6.26 Å². The van der Waals surface area contributed by atoms with Gasteiger partial charge in [0.25, 0.3) is 5.91 Å². The van der Waals surface area contributed by atoms with E-state index in [4.69, 9.17) is 5.11 Å². The number of aromatic nitrogens is 1. The zero-order valence-electron chi connectivity index (χ0n) is 11.1. The molecule has 0 radical (unpaired) electrons. The Morgan fingerprint density at radius 3 is 2.90 bits per heavy atom. The van der Waals surface area contributed by atoms with Crippen LogP contribution in [0.15, 0.2) is 24.5 Å². The summed E-state index contributed by atoms with van der Waals surface area (Å²) >= 11 is 1.77. The van der Waals surface area contributed by atoms with Gasteiger partial charge in [-0.2, -0.15) is 11.8 Å². The van der Waals surface area contributed by atoms with Gasteiger partial charge < -0.3 is 10.4 Å². The van der Waals surface area contributed by atoms with Crippen molar-refractivity contribution in [1.29, 1.82) is 0 Å². The number of amides is 1. The summed E-state index contributed by atoms with van der Waals surface area (Å²) in [5, 5.41) is 11.6. The maximum Gasteiger partial charge on any atom is 0.328 e. The fourth-order valence-electron chi connectivity index (χ4n) is 1.84. The highest BCUT2D eigenvalue weighted by molar-refractivity contribution is 8.00. The van der Waals surface area contributed by atoms with E-state index in [0.29, 0.717) is 17.7 Å². The largest absolute Gasteiger partial charge is 0.478 e. The summed E-state index contributed by atoms with van der Waals surface area (Å²) in [6.45, 7) is 0.636. The summed E-state index contributed by atoms with van der Waals surface area (Å²) in [6.07, 6.45) is 9.67. The standard InChI is InChI=1S/C14H16N2O3S/c1-20-14(5-6-14)9-16-13(19)11-4-7-15-8-10(11)2-3-12(17)18/h2-4,7-8H,5-6,9H2,1H3,(H,16,19)(H,17,18)/b3-2+. The molecular formula is C14H16N2O3S. The molecule has 1 aliphatic rings. The third kappa shape index (κ3) is 3.60. The van der Waals surface area contributed by atoms with Gasteiger partial charge in [-0.3, -0.25) is 9.78 Å². The summed E-state index contributed by atoms with van der Waals surface area (Å²) < 4.78 is 0.194. The fraction of sp³-hybridized carbons (Fsp3) is 0.357. The zero-order chi connectivity index (χ0) is 14.6. The quantitative estimate of drug-likeness (QED) is 0.782. The van der Waals surface area contributed by atoms with Crippen LogP contribution >= 0.6 is 11.8 Å². The van der Waals surface area contributed by atoms with Crippen molar-refractivity contribution in [1.82, 2.24) is 10.3 Å². The molecule has 1 heterocycles. The van der Waals surface area contributed by atoms with E-state index < -0.39 is 5.97 Å². The second kappa shape index (κ2) is 6.09. The number of nitrogens with one attached hydrogen (secondary N) is 1. The van der Waals surface area contributed by atoms with Gasteiger partial charge in [0, 0.05) is 40.9 Å². The van der Waals surface area contributed by atoms with Crippen molar-refractivity contribution >= 4 is 29.7 Å². The molecule has 2 N–H and O–H groups in total. The highest BCUT2D eigenvalue weighted by Crippen LogP contribution is 2.46. The van der Waals surface area contributed by atoms with Crippen LogP contribution in [0.5, 0.6) is 0 Å². The zero-order valence-corrected chi connectivity index (χ0v) is 11.9. The first-order valence-corrected chi connectivity index (χ1v) is 7.47. The lowest BCUT2D eigenvalue weighted by molar-refractivity contribution is -0.131. The Kier molecular flexibility index (Phi) is 4.44. The van der Waals surface area contributed by atoms with Crippen LogP contribution in [0.25, 0.3) is 6.08 Å². The predicted molar refractivity (Wildman–Crippen MR) is 78.7 cm³/mol. The Balaban J connectivity index is 2.07. The minimum absolute atomic E-state index is 0.194. The normalized spacial score (nSPS) is 16.1. The predicted octanol–water partition coefficient (Wildman–Crippen LogP) is 1.80. The second-order valence-corrected chi connectivity index (χ2v) is 5.98. The van der Waals surface area contributed by atoms with Crippen LogP contribution in [0.3, 0.4) is 0 Å². The van der Waals surface area contributed by atoms with Gasteiger partial charge in [-0.05, 0) is 31.2 Å². The third-order valence-corrected chi connectivity index (χ3v) is 4.73. The highest BCUT2D eigenvalue weighted by atomic mass is 32.2. The molecule has 6 heteroatoms. The molecule has 0 aliphatic heterocycles. The molecule has 0 unspecified atom stereocenters. The lowest BCUT2D eigenvalue weighted by atomic mass is 10.1. The molecule has 5 nitrogen and oxygen atoms in total. The Morgan fingerprint density at radius 2 is 2.30 bits per heavy atom. The van der Waals surface area contributed by atoms with Crippen LogP contribution in [-0.4, -0.2) is 39.5 Å². The van der Waals surface area contributed by atoms with Gasteiger partial charge in [-0.15, -0.1) is 0 Å². The second-order valence-electron chi connectivity index (χ2n) is 4.70. The van der Waals surface area contributed by atoms with Crippen molar-refractivity contribution in [3.05, 3.63) is 35.7 Å². The van der Waals surface area contributed by atoms with Crippen molar-refractivity contribution in [2.45, 2.75) is 17.6 Å². The molecule has 0 spiro atoms. The first-order chi connectivity index (χ1) is 9.56. The molecule has 1 amide bonds. The SMILES string of the molecule is CSC1(CNC(=O)c2ccncc2/C=C/C(=O)O)CC1. The topological polar surface area (TPSA) is 79.3 Å². The molecule has 0 atom stereocenters. The van der Waals surface area contributed by atoms with Gasteiger partial charge in [0.2, 0.25) is 0 Å². The number of hydrogen-bond donors (Lipinski definition) is 2. The number of hydrogen-bond acceptors (Lipinski definition) is 4. The van der Waals surface area contributed by atoms with Crippen molar-refractivity contribution < 1.29 is 14.7 Å². The van der Waals surface area contributed by atoms with Crippen LogP contribution in [0.1, 0.15) is 28.8 Å². The van der Waals surface area contributed by atoms with Crippen molar-refractivity contribution in [2.24, 2.45) is 0 Å². The smallest absolute Gasteiger partial charge is 0.328 e. The molecular weight excluding hydrogens is 276 g/mol. The molecule has 106 valence electrons. The number of carbonyl (C=O) groups excluding carboxylic acids is 1. The van der Waals surface area contributed by atoms with Gasteiger partial charge in [-0.1, -0.05) is 0 Å². The number of carboxylic acids is 1. The summed E-state index contributed by atoms with van der Waals surface area (Å²) in [5.74, 6) is -1.25. The van der Waals surface area contributed by atoms with Crippen LogP contribution in [0.4, 0.5) is 0 Å². The van der Waals surface area contributed by atoms with Gasteiger partial charge in [0.05, 0.1) is 0 Å². The molecule has 1 aliphatic carbocycles. The molecule has 0 aromatic carbocycles. The van der Waals surface area contributed by atoms with E-state index in [0.717, 1.165) is 18.9 Å². The summed E-state index contributed by atoms with van der Waals surface area (Å²) in [7, 11) is 0.